The summed E-state index contributed by atoms with van der Waals surface area (Å²) in [4.78, 5) is 16.6. The van der Waals surface area contributed by atoms with Crippen molar-refractivity contribution < 1.29 is 9.53 Å². The Balaban J connectivity index is 1.97. The third-order valence-corrected chi connectivity index (χ3v) is 4.48. The molecule has 1 N–H and O–H groups in total. The number of hydrogen-bond donors (Lipinski definition) is 1. The number of amides is 1. The van der Waals surface area contributed by atoms with Crippen molar-refractivity contribution >= 4 is 39.2 Å². The standard InChI is InChI=1S/C15H20BrN3O2S/c1-3-21-13-5-4-11(10-12(13)16)14(20)17-15(22)19-8-6-18(2)7-9-19/h4-5,10H,3,6-9H2,1-2H3,(H,17,20,22). The van der Waals surface area contributed by atoms with Crippen molar-refractivity contribution in [2.45, 2.75) is 6.92 Å². The number of nitrogens with zero attached hydrogens (tertiary/aromatic N) is 2. The molecule has 0 aliphatic carbocycles. The summed E-state index contributed by atoms with van der Waals surface area (Å²) in [5, 5.41) is 3.29. The van der Waals surface area contributed by atoms with Gasteiger partial charge in [-0.25, -0.2) is 0 Å². The van der Waals surface area contributed by atoms with Crippen LogP contribution in [0.3, 0.4) is 0 Å². The Morgan fingerprint density at radius 1 is 1.36 bits per heavy atom. The molecule has 22 heavy (non-hydrogen) atoms. The zero-order valence-corrected chi connectivity index (χ0v) is 15.2. The van der Waals surface area contributed by atoms with Gasteiger partial charge in [-0.1, -0.05) is 0 Å². The lowest BCUT2D eigenvalue weighted by atomic mass is 10.2. The molecule has 0 unspecified atom stereocenters. The zero-order chi connectivity index (χ0) is 16.1. The van der Waals surface area contributed by atoms with Gasteiger partial charge in [0.25, 0.3) is 5.91 Å². The van der Waals surface area contributed by atoms with Crippen LogP contribution in [0.1, 0.15) is 17.3 Å². The number of carbonyl (C=O) groups excluding carboxylic acids is 1. The summed E-state index contributed by atoms with van der Waals surface area (Å²) in [6.07, 6.45) is 0. The van der Waals surface area contributed by atoms with E-state index < -0.39 is 0 Å². The van der Waals surface area contributed by atoms with Crippen LogP contribution in [-0.2, 0) is 0 Å². The number of piperazine rings is 1. The Hall–Kier alpha value is -1.18. The minimum absolute atomic E-state index is 0.201. The molecule has 1 aliphatic rings. The van der Waals surface area contributed by atoms with Crippen LogP contribution in [0.2, 0.25) is 0 Å². The minimum Gasteiger partial charge on any atom is -0.493 e. The van der Waals surface area contributed by atoms with Crippen LogP contribution in [0.25, 0.3) is 0 Å². The number of ether oxygens (including phenoxy) is 1. The van der Waals surface area contributed by atoms with E-state index in [0.29, 0.717) is 17.3 Å². The summed E-state index contributed by atoms with van der Waals surface area (Å²) in [6, 6.07) is 5.26. The molecule has 1 amide bonds. The molecule has 0 aromatic heterocycles. The molecular weight excluding hydrogens is 366 g/mol. The fraction of sp³-hybridized carbons (Fsp3) is 0.467. The van der Waals surface area contributed by atoms with E-state index in [-0.39, 0.29) is 5.91 Å². The lowest BCUT2D eigenvalue weighted by Gasteiger charge is -2.33. The summed E-state index contributed by atoms with van der Waals surface area (Å²) in [6.45, 7) is 6.07. The van der Waals surface area contributed by atoms with E-state index in [1.165, 1.54) is 0 Å². The van der Waals surface area contributed by atoms with E-state index >= 15 is 0 Å². The van der Waals surface area contributed by atoms with Crippen molar-refractivity contribution in [3.05, 3.63) is 28.2 Å². The van der Waals surface area contributed by atoms with Gasteiger partial charge in [-0.3, -0.25) is 10.1 Å². The molecule has 5 nitrogen and oxygen atoms in total. The Morgan fingerprint density at radius 3 is 2.64 bits per heavy atom. The Kier molecular flexibility index (Phi) is 6.16. The van der Waals surface area contributed by atoms with E-state index in [9.17, 15) is 4.79 Å². The predicted octanol–water partition coefficient (Wildman–Crippen LogP) is 2.11. The zero-order valence-electron chi connectivity index (χ0n) is 12.8. The van der Waals surface area contributed by atoms with Gasteiger partial charge in [0.15, 0.2) is 5.11 Å². The molecule has 0 bridgehead atoms. The van der Waals surface area contributed by atoms with Gasteiger partial charge in [0.1, 0.15) is 5.75 Å². The first-order chi connectivity index (χ1) is 10.5. The van der Waals surface area contributed by atoms with Crippen LogP contribution in [0.5, 0.6) is 5.75 Å². The van der Waals surface area contributed by atoms with Gasteiger partial charge in [-0.15, -0.1) is 0 Å². The maximum Gasteiger partial charge on any atom is 0.257 e. The molecule has 1 aromatic carbocycles. The summed E-state index contributed by atoms with van der Waals surface area (Å²) in [7, 11) is 2.08. The molecule has 2 rings (SSSR count). The van der Waals surface area contributed by atoms with Crippen molar-refractivity contribution in [2.24, 2.45) is 0 Å². The molecule has 1 aliphatic heterocycles. The summed E-state index contributed by atoms with van der Waals surface area (Å²) < 4.78 is 6.20. The number of rotatable bonds is 3. The molecule has 0 spiro atoms. The monoisotopic (exact) mass is 385 g/mol. The number of benzene rings is 1. The van der Waals surface area contributed by atoms with Crippen molar-refractivity contribution in [1.82, 2.24) is 15.1 Å². The first-order valence-corrected chi connectivity index (χ1v) is 8.42. The van der Waals surface area contributed by atoms with Gasteiger partial charge in [0, 0.05) is 31.7 Å². The van der Waals surface area contributed by atoms with Crippen molar-refractivity contribution in [3.63, 3.8) is 0 Å². The Morgan fingerprint density at radius 2 is 2.05 bits per heavy atom. The molecule has 1 fully saturated rings. The molecule has 0 atom stereocenters. The second kappa shape index (κ2) is 7.89. The SMILES string of the molecule is CCOc1ccc(C(=O)NC(=S)N2CCN(C)CC2)cc1Br. The molecule has 120 valence electrons. The Bertz CT molecular complexity index is 560. The quantitative estimate of drug-likeness (QED) is 0.807. The van der Waals surface area contributed by atoms with Crippen molar-refractivity contribution in [2.75, 3.05) is 39.8 Å². The predicted molar refractivity (Wildman–Crippen MR) is 94.4 cm³/mol. The molecular formula is C15H20BrN3O2S. The molecule has 0 radical (unpaired) electrons. The molecule has 0 saturated carbocycles. The highest BCUT2D eigenvalue weighted by Crippen LogP contribution is 2.25. The summed E-state index contributed by atoms with van der Waals surface area (Å²) >= 11 is 8.74. The maximum absolute atomic E-state index is 12.3. The topological polar surface area (TPSA) is 44.8 Å². The lowest BCUT2D eigenvalue weighted by molar-refractivity contribution is 0.0970. The number of likely N-dealkylation sites (N-methyl/N-ethyl adjacent to an activating group) is 1. The highest BCUT2D eigenvalue weighted by molar-refractivity contribution is 9.10. The lowest BCUT2D eigenvalue weighted by Crippen LogP contribution is -2.51. The highest BCUT2D eigenvalue weighted by Gasteiger charge is 2.18. The van der Waals surface area contributed by atoms with Gasteiger partial charge in [0.2, 0.25) is 0 Å². The van der Waals surface area contributed by atoms with Crippen LogP contribution in [-0.4, -0.2) is 60.7 Å². The van der Waals surface area contributed by atoms with Crippen molar-refractivity contribution in [3.8, 4) is 5.75 Å². The van der Waals surface area contributed by atoms with Gasteiger partial charge < -0.3 is 14.5 Å². The first-order valence-electron chi connectivity index (χ1n) is 7.22. The number of hydrogen-bond acceptors (Lipinski definition) is 4. The largest absolute Gasteiger partial charge is 0.493 e. The van der Waals surface area contributed by atoms with Crippen LogP contribution in [0, 0.1) is 0 Å². The second-order valence-electron chi connectivity index (χ2n) is 5.13. The molecule has 1 saturated heterocycles. The van der Waals surface area contributed by atoms with E-state index in [2.05, 4.69) is 33.2 Å². The van der Waals surface area contributed by atoms with Gasteiger partial charge in [-0.2, -0.15) is 0 Å². The second-order valence-corrected chi connectivity index (χ2v) is 6.37. The van der Waals surface area contributed by atoms with E-state index in [0.717, 1.165) is 36.4 Å². The van der Waals surface area contributed by atoms with E-state index in [1.54, 1.807) is 18.2 Å². The fourth-order valence-electron chi connectivity index (χ4n) is 2.17. The average molecular weight is 386 g/mol. The third kappa shape index (κ3) is 4.41. The van der Waals surface area contributed by atoms with E-state index in [1.807, 2.05) is 11.8 Å². The first kappa shape index (κ1) is 17.2. The normalized spacial score (nSPS) is 15.5. The van der Waals surface area contributed by atoms with Gasteiger partial charge >= 0.3 is 0 Å². The maximum atomic E-state index is 12.3. The van der Waals surface area contributed by atoms with E-state index in [4.69, 9.17) is 17.0 Å². The summed E-state index contributed by atoms with van der Waals surface area (Å²) in [5.41, 5.74) is 0.548. The fourth-order valence-corrected chi connectivity index (χ4v) is 2.94. The highest BCUT2D eigenvalue weighted by atomic mass is 79.9. The Labute approximate surface area is 144 Å². The summed E-state index contributed by atoms with van der Waals surface area (Å²) in [5.74, 6) is 0.522. The third-order valence-electron chi connectivity index (χ3n) is 3.50. The average Bonchev–Trinajstić information content (AvgIpc) is 2.50. The molecule has 1 aromatic rings. The number of halogens is 1. The minimum atomic E-state index is -0.201. The molecule has 1 heterocycles. The van der Waals surface area contributed by atoms with Gasteiger partial charge in [0.05, 0.1) is 11.1 Å². The van der Waals surface area contributed by atoms with Crippen LogP contribution in [0.4, 0.5) is 0 Å². The number of carbonyl (C=O) groups is 1. The van der Waals surface area contributed by atoms with Gasteiger partial charge in [-0.05, 0) is 60.3 Å². The molecule has 7 heteroatoms. The van der Waals surface area contributed by atoms with Crippen LogP contribution in [0.15, 0.2) is 22.7 Å². The number of nitrogens with one attached hydrogen (secondary N) is 1. The smallest absolute Gasteiger partial charge is 0.257 e. The van der Waals surface area contributed by atoms with Crippen LogP contribution >= 0.6 is 28.1 Å². The van der Waals surface area contributed by atoms with Crippen LogP contribution < -0.4 is 10.1 Å². The van der Waals surface area contributed by atoms with Crippen molar-refractivity contribution in [1.29, 1.82) is 0 Å². The number of thiocarbonyl (C=S) groups is 1.